The van der Waals surface area contributed by atoms with Crippen LogP contribution in [0.3, 0.4) is 0 Å². The summed E-state index contributed by atoms with van der Waals surface area (Å²) in [5.74, 6) is 0. The molecule has 5 nitrogen and oxygen atoms in total. The third-order valence-corrected chi connectivity index (χ3v) is 4.24. The number of sulfone groups is 1. The van der Waals surface area contributed by atoms with E-state index in [1.54, 1.807) is 18.2 Å². The zero-order valence-corrected chi connectivity index (χ0v) is 12.7. The van der Waals surface area contributed by atoms with Crippen molar-refractivity contribution in [3.05, 3.63) is 47.0 Å². The summed E-state index contributed by atoms with van der Waals surface area (Å²) in [6, 6.07) is 11.2. The lowest BCUT2D eigenvalue weighted by Crippen LogP contribution is -2.01. The van der Waals surface area contributed by atoms with Crippen LogP contribution >= 0.6 is 11.6 Å². The number of nitrogens with two attached hydrogens (primary N) is 1. The lowest BCUT2D eigenvalue weighted by Gasteiger charge is -2.12. The van der Waals surface area contributed by atoms with Crippen LogP contribution in [0.2, 0.25) is 5.02 Å². The van der Waals surface area contributed by atoms with E-state index in [4.69, 9.17) is 22.6 Å². The van der Waals surface area contributed by atoms with Crippen LogP contribution in [0.4, 0.5) is 17.1 Å². The van der Waals surface area contributed by atoms with Crippen molar-refractivity contribution in [2.24, 2.45) is 0 Å². The van der Waals surface area contributed by atoms with E-state index in [1.165, 1.54) is 18.2 Å². The molecule has 2 rings (SSSR count). The van der Waals surface area contributed by atoms with Gasteiger partial charge in [-0.15, -0.1) is 0 Å². The SMILES string of the molecule is CS(=O)(=O)c1ccc(Nc2ccc(C#N)cc2Cl)c(N)c1. The van der Waals surface area contributed by atoms with Crippen molar-refractivity contribution < 1.29 is 8.42 Å². The molecule has 0 aromatic heterocycles. The first kappa shape index (κ1) is 15.2. The fraction of sp³-hybridized carbons (Fsp3) is 0.0714. The second-order valence-electron chi connectivity index (χ2n) is 4.45. The van der Waals surface area contributed by atoms with Crippen LogP contribution in [-0.2, 0) is 9.84 Å². The molecule has 7 heteroatoms. The molecule has 0 amide bonds. The minimum absolute atomic E-state index is 0.150. The van der Waals surface area contributed by atoms with Gasteiger partial charge >= 0.3 is 0 Å². The van der Waals surface area contributed by atoms with Crippen molar-refractivity contribution in [1.29, 1.82) is 5.26 Å². The number of nitrogens with zero attached hydrogens (tertiary/aromatic N) is 1. The number of nitriles is 1. The summed E-state index contributed by atoms with van der Waals surface area (Å²) in [6.45, 7) is 0. The molecule has 2 aromatic rings. The Bertz CT molecular complexity index is 842. The molecule has 0 unspecified atom stereocenters. The van der Waals surface area contributed by atoms with E-state index in [2.05, 4.69) is 5.32 Å². The van der Waals surface area contributed by atoms with Gasteiger partial charge in [-0.3, -0.25) is 0 Å². The Morgan fingerprint density at radius 1 is 1.19 bits per heavy atom. The average Bonchev–Trinajstić information content (AvgIpc) is 2.41. The molecule has 0 saturated carbocycles. The second kappa shape index (κ2) is 5.64. The van der Waals surface area contributed by atoms with E-state index in [0.29, 0.717) is 27.6 Å². The first-order chi connectivity index (χ1) is 9.81. The Morgan fingerprint density at radius 2 is 1.86 bits per heavy atom. The number of benzene rings is 2. The molecule has 0 aliphatic carbocycles. The molecule has 0 saturated heterocycles. The van der Waals surface area contributed by atoms with E-state index in [0.717, 1.165) is 6.26 Å². The summed E-state index contributed by atoms with van der Waals surface area (Å²) in [6.07, 6.45) is 1.12. The van der Waals surface area contributed by atoms with Gasteiger partial charge in [0.25, 0.3) is 0 Å². The highest BCUT2D eigenvalue weighted by Gasteiger charge is 2.10. The first-order valence-electron chi connectivity index (χ1n) is 5.87. The lowest BCUT2D eigenvalue weighted by atomic mass is 10.2. The van der Waals surface area contributed by atoms with Crippen LogP contribution in [0.5, 0.6) is 0 Å². The first-order valence-corrected chi connectivity index (χ1v) is 8.14. The minimum atomic E-state index is -3.30. The maximum Gasteiger partial charge on any atom is 0.175 e. The minimum Gasteiger partial charge on any atom is -0.397 e. The van der Waals surface area contributed by atoms with Crippen LogP contribution in [0.1, 0.15) is 5.56 Å². The van der Waals surface area contributed by atoms with Gasteiger partial charge in [0.05, 0.1) is 38.6 Å². The summed E-state index contributed by atoms with van der Waals surface area (Å²) in [4.78, 5) is 0.150. The average molecular weight is 322 g/mol. The zero-order valence-electron chi connectivity index (χ0n) is 11.1. The van der Waals surface area contributed by atoms with Gasteiger partial charge in [-0.2, -0.15) is 5.26 Å². The van der Waals surface area contributed by atoms with E-state index in [9.17, 15) is 8.42 Å². The van der Waals surface area contributed by atoms with E-state index < -0.39 is 9.84 Å². The number of nitrogens with one attached hydrogen (secondary N) is 1. The summed E-state index contributed by atoms with van der Waals surface area (Å²) in [7, 11) is -3.30. The Kier molecular flexibility index (Phi) is 4.07. The highest BCUT2D eigenvalue weighted by molar-refractivity contribution is 7.90. The predicted octanol–water partition coefficient (Wildman–Crippen LogP) is 2.94. The third-order valence-electron chi connectivity index (χ3n) is 2.82. The molecule has 0 spiro atoms. The smallest absolute Gasteiger partial charge is 0.175 e. The molecule has 0 aliphatic rings. The standard InChI is InChI=1S/C14H12ClN3O2S/c1-21(19,20)10-3-5-14(12(17)7-10)18-13-4-2-9(8-16)6-11(13)15/h2-7,18H,17H2,1H3. The molecule has 108 valence electrons. The zero-order chi connectivity index (χ0) is 15.6. The van der Waals surface area contributed by atoms with Crippen LogP contribution in [-0.4, -0.2) is 14.7 Å². The van der Waals surface area contributed by atoms with Gasteiger partial charge in [0.15, 0.2) is 9.84 Å². The molecular formula is C14H12ClN3O2S. The molecule has 2 aromatic carbocycles. The molecule has 0 aliphatic heterocycles. The van der Waals surface area contributed by atoms with E-state index in [-0.39, 0.29) is 4.90 Å². The monoisotopic (exact) mass is 321 g/mol. The van der Waals surface area contributed by atoms with Crippen molar-refractivity contribution in [3.8, 4) is 6.07 Å². The van der Waals surface area contributed by atoms with Crippen molar-refractivity contribution in [1.82, 2.24) is 0 Å². The third kappa shape index (κ3) is 3.45. The van der Waals surface area contributed by atoms with Gasteiger partial charge < -0.3 is 11.1 Å². The Morgan fingerprint density at radius 3 is 2.38 bits per heavy atom. The molecular weight excluding hydrogens is 310 g/mol. The number of nitrogen functional groups attached to an aromatic ring is 1. The van der Waals surface area contributed by atoms with Crippen LogP contribution in [0.25, 0.3) is 0 Å². The molecule has 3 N–H and O–H groups in total. The maximum absolute atomic E-state index is 11.5. The lowest BCUT2D eigenvalue weighted by molar-refractivity contribution is 0.602. The summed E-state index contributed by atoms with van der Waals surface area (Å²) in [5.41, 5.74) is 7.70. The molecule has 0 heterocycles. The number of hydrogen-bond donors (Lipinski definition) is 2. The van der Waals surface area contributed by atoms with E-state index in [1.807, 2.05) is 6.07 Å². The predicted molar refractivity (Wildman–Crippen MR) is 83.4 cm³/mol. The topological polar surface area (TPSA) is 96.0 Å². The molecule has 0 bridgehead atoms. The van der Waals surface area contributed by atoms with Crippen molar-refractivity contribution in [3.63, 3.8) is 0 Å². The van der Waals surface area contributed by atoms with Gasteiger partial charge in [0, 0.05) is 6.26 Å². The fourth-order valence-corrected chi connectivity index (χ4v) is 2.60. The Balaban J connectivity index is 2.35. The highest BCUT2D eigenvalue weighted by atomic mass is 35.5. The van der Waals surface area contributed by atoms with Crippen LogP contribution in [0.15, 0.2) is 41.3 Å². The summed E-state index contributed by atoms with van der Waals surface area (Å²) in [5, 5.41) is 12.2. The number of hydrogen-bond acceptors (Lipinski definition) is 5. The van der Waals surface area contributed by atoms with Crippen molar-refractivity contribution >= 4 is 38.5 Å². The number of anilines is 3. The molecule has 21 heavy (non-hydrogen) atoms. The number of halogens is 1. The summed E-state index contributed by atoms with van der Waals surface area (Å²) >= 11 is 6.06. The maximum atomic E-state index is 11.5. The van der Waals surface area contributed by atoms with Gasteiger partial charge in [-0.05, 0) is 36.4 Å². The Hall–Kier alpha value is -2.23. The van der Waals surface area contributed by atoms with Crippen molar-refractivity contribution in [2.45, 2.75) is 4.90 Å². The van der Waals surface area contributed by atoms with Crippen LogP contribution < -0.4 is 11.1 Å². The van der Waals surface area contributed by atoms with Gasteiger partial charge in [-0.25, -0.2) is 8.42 Å². The molecule has 0 fully saturated rings. The largest absolute Gasteiger partial charge is 0.397 e. The van der Waals surface area contributed by atoms with Gasteiger partial charge in [0.2, 0.25) is 0 Å². The molecule has 0 atom stereocenters. The fourth-order valence-electron chi connectivity index (χ4n) is 1.72. The number of rotatable bonds is 3. The highest BCUT2D eigenvalue weighted by Crippen LogP contribution is 2.30. The Labute approximate surface area is 127 Å². The molecule has 0 radical (unpaired) electrons. The van der Waals surface area contributed by atoms with Gasteiger partial charge in [-0.1, -0.05) is 11.6 Å². The quantitative estimate of drug-likeness (QED) is 0.847. The second-order valence-corrected chi connectivity index (χ2v) is 6.88. The van der Waals surface area contributed by atoms with Crippen LogP contribution in [0, 0.1) is 11.3 Å². The normalized spacial score (nSPS) is 10.9. The van der Waals surface area contributed by atoms with Gasteiger partial charge in [0.1, 0.15) is 0 Å². The van der Waals surface area contributed by atoms with Crippen molar-refractivity contribution in [2.75, 3.05) is 17.3 Å². The van der Waals surface area contributed by atoms with E-state index >= 15 is 0 Å². The summed E-state index contributed by atoms with van der Waals surface area (Å²) < 4.78 is 22.9.